The summed E-state index contributed by atoms with van der Waals surface area (Å²) in [7, 11) is 0. The van der Waals surface area contributed by atoms with Gasteiger partial charge in [0.05, 0.1) is 0 Å². The predicted molar refractivity (Wildman–Crippen MR) is 73.7 cm³/mol. The number of para-hydroxylation sites is 1. The quantitative estimate of drug-likeness (QED) is 0.788. The Morgan fingerprint density at radius 3 is 2.75 bits per heavy atom. The highest BCUT2D eigenvalue weighted by Gasteiger charge is 2.15. The highest BCUT2D eigenvalue weighted by molar-refractivity contribution is 5.78. The van der Waals surface area contributed by atoms with Crippen molar-refractivity contribution < 1.29 is 13.9 Å². The lowest BCUT2D eigenvalue weighted by Crippen LogP contribution is -1.98. The molecule has 102 valence electrons. The third-order valence-electron chi connectivity index (χ3n) is 3.30. The summed E-state index contributed by atoms with van der Waals surface area (Å²) in [4.78, 5) is 3.95. The van der Waals surface area contributed by atoms with Gasteiger partial charge in [0.1, 0.15) is 11.9 Å². The third-order valence-corrected chi connectivity index (χ3v) is 3.30. The van der Waals surface area contributed by atoms with Gasteiger partial charge in [0.25, 0.3) is 0 Å². The van der Waals surface area contributed by atoms with Crippen LogP contribution in [0.2, 0.25) is 0 Å². The van der Waals surface area contributed by atoms with Crippen LogP contribution >= 0.6 is 0 Å². The highest BCUT2D eigenvalue weighted by Crippen LogP contribution is 2.28. The minimum atomic E-state index is -0.741. The van der Waals surface area contributed by atoms with Crippen molar-refractivity contribution in [3.05, 3.63) is 65.9 Å². The van der Waals surface area contributed by atoms with Crippen LogP contribution in [0.3, 0.4) is 0 Å². The number of nitrogens with zero attached hydrogens (tertiary/aromatic N) is 1. The molecule has 0 radical (unpaired) electrons. The maximum atomic E-state index is 13.5. The molecule has 0 saturated carbocycles. The van der Waals surface area contributed by atoms with Gasteiger partial charge in [-0.1, -0.05) is 12.1 Å². The second kappa shape index (κ2) is 5.43. The number of hydrogen-bond acceptors (Lipinski definition) is 3. The summed E-state index contributed by atoms with van der Waals surface area (Å²) in [5, 5.41) is 10.8. The van der Waals surface area contributed by atoms with Crippen LogP contribution in [-0.2, 0) is 6.42 Å². The fraction of sp³-hybridized carbons (Fsp3) is 0.188. The van der Waals surface area contributed by atoms with Crippen molar-refractivity contribution in [3.8, 4) is 0 Å². The van der Waals surface area contributed by atoms with Gasteiger partial charge in [-0.15, -0.1) is 0 Å². The van der Waals surface area contributed by atoms with Crippen LogP contribution in [0.5, 0.6) is 0 Å². The molecule has 0 bridgehead atoms. The molecule has 0 fully saturated rings. The lowest BCUT2D eigenvalue weighted by molar-refractivity contribution is 0.142. The lowest BCUT2D eigenvalue weighted by atomic mass is 10.1. The van der Waals surface area contributed by atoms with Gasteiger partial charge in [0, 0.05) is 17.8 Å². The van der Waals surface area contributed by atoms with E-state index in [0.29, 0.717) is 24.0 Å². The predicted octanol–water partition coefficient (Wildman–Crippen LogP) is 3.63. The molecule has 1 unspecified atom stereocenters. The Labute approximate surface area is 115 Å². The summed E-state index contributed by atoms with van der Waals surface area (Å²) in [6.45, 7) is 0. The van der Waals surface area contributed by atoms with E-state index in [1.54, 1.807) is 30.6 Å². The number of aliphatic hydroxyl groups excluding tert-OH is 1. The Bertz CT molecular complexity index is 709. The summed E-state index contributed by atoms with van der Waals surface area (Å²) in [6.07, 6.45) is 3.93. The average molecular weight is 271 g/mol. The Balaban J connectivity index is 1.75. The molecule has 4 heteroatoms. The monoisotopic (exact) mass is 271 g/mol. The van der Waals surface area contributed by atoms with Crippen LogP contribution in [0.15, 0.2) is 53.2 Å². The minimum absolute atomic E-state index is 0.200. The SMILES string of the molecule is OC(CCc1ccncc1)c1cc2cccc(F)c2o1. The zero-order valence-electron chi connectivity index (χ0n) is 10.8. The Morgan fingerprint density at radius 1 is 1.20 bits per heavy atom. The van der Waals surface area contributed by atoms with Crippen LogP contribution < -0.4 is 0 Å². The molecular formula is C16H14FNO2. The molecule has 0 aliphatic rings. The van der Waals surface area contributed by atoms with Crippen molar-refractivity contribution in [2.24, 2.45) is 0 Å². The van der Waals surface area contributed by atoms with E-state index >= 15 is 0 Å². The fourth-order valence-corrected chi connectivity index (χ4v) is 2.21. The largest absolute Gasteiger partial charge is 0.455 e. The number of fused-ring (bicyclic) bond motifs is 1. The molecular weight excluding hydrogens is 257 g/mol. The molecule has 0 spiro atoms. The van der Waals surface area contributed by atoms with Crippen molar-refractivity contribution in [1.29, 1.82) is 0 Å². The lowest BCUT2D eigenvalue weighted by Gasteiger charge is -2.07. The number of benzene rings is 1. The summed E-state index contributed by atoms with van der Waals surface area (Å²) in [6, 6.07) is 10.2. The van der Waals surface area contributed by atoms with Gasteiger partial charge in [-0.3, -0.25) is 4.98 Å². The number of halogens is 1. The van der Waals surface area contributed by atoms with Crippen molar-refractivity contribution in [3.63, 3.8) is 0 Å². The van der Waals surface area contributed by atoms with Crippen LogP contribution in [-0.4, -0.2) is 10.1 Å². The topological polar surface area (TPSA) is 46.3 Å². The zero-order valence-corrected chi connectivity index (χ0v) is 10.8. The van der Waals surface area contributed by atoms with Crippen molar-refractivity contribution in [1.82, 2.24) is 4.98 Å². The minimum Gasteiger partial charge on any atom is -0.455 e. The summed E-state index contributed by atoms with van der Waals surface area (Å²) < 4.78 is 18.9. The molecule has 1 N–H and O–H groups in total. The number of rotatable bonds is 4. The van der Waals surface area contributed by atoms with E-state index in [1.807, 2.05) is 12.1 Å². The number of pyridine rings is 1. The standard InChI is InChI=1S/C16H14FNO2/c17-13-3-1-2-12-10-15(20-16(12)13)14(19)5-4-11-6-8-18-9-7-11/h1-3,6-10,14,19H,4-5H2. The van der Waals surface area contributed by atoms with E-state index in [2.05, 4.69) is 4.98 Å². The summed E-state index contributed by atoms with van der Waals surface area (Å²) >= 11 is 0. The maximum absolute atomic E-state index is 13.5. The first-order valence-electron chi connectivity index (χ1n) is 6.49. The van der Waals surface area contributed by atoms with Crippen LogP contribution in [0.1, 0.15) is 23.8 Å². The van der Waals surface area contributed by atoms with E-state index in [9.17, 15) is 9.50 Å². The molecule has 0 aliphatic carbocycles. The number of furan rings is 1. The summed E-state index contributed by atoms with van der Waals surface area (Å²) in [5.74, 6) is -0.00533. The Kier molecular flexibility index (Phi) is 3.48. The van der Waals surface area contributed by atoms with E-state index in [-0.39, 0.29) is 5.58 Å². The molecule has 20 heavy (non-hydrogen) atoms. The molecule has 0 saturated heterocycles. The van der Waals surface area contributed by atoms with Crippen LogP contribution in [0.4, 0.5) is 4.39 Å². The van der Waals surface area contributed by atoms with Gasteiger partial charge < -0.3 is 9.52 Å². The molecule has 2 heterocycles. The highest BCUT2D eigenvalue weighted by atomic mass is 19.1. The number of hydrogen-bond donors (Lipinski definition) is 1. The second-order valence-corrected chi connectivity index (χ2v) is 4.72. The second-order valence-electron chi connectivity index (χ2n) is 4.72. The Morgan fingerprint density at radius 2 is 2.00 bits per heavy atom. The molecule has 3 aromatic rings. The third kappa shape index (κ3) is 2.56. The molecule has 3 nitrogen and oxygen atoms in total. The normalized spacial score (nSPS) is 12.7. The van der Waals surface area contributed by atoms with Gasteiger partial charge in [-0.05, 0) is 42.7 Å². The first-order chi connectivity index (χ1) is 9.74. The van der Waals surface area contributed by atoms with E-state index in [4.69, 9.17) is 4.42 Å². The van der Waals surface area contributed by atoms with Gasteiger partial charge in [-0.2, -0.15) is 0 Å². The molecule has 2 aromatic heterocycles. The molecule has 1 aromatic carbocycles. The first kappa shape index (κ1) is 12.8. The van der Waals surface area contributed by atoms with Crippen molar-refractivity contribution in [2.45, 2.75) is 18.9 Å². The van der Waals surface area contributed by atoms with Crippen molar-refractivity contribution in [2.75, 3.05) is 0 Å². The molecule has 3 rings (SSSR count). The fourth-order valence-electron chi connectivity index (χ4n) is 2.21. The van der Waals surface area contributed by atoms with E-state index in [1.165, 1.54) is 6.07 Å². The van der Waals surface area contributed by atoms with E-state index in [0.717, 1.165) is 5.56 Å². The van der Waals surface area contributed by atoms with Gasteiger partial charge in [-0.25, -0.2) is 4.39 Å². The van der Waals surface area contributed by atoms with Gasteiger partial charge in [0.2, 0.25) is 0 Å². The molecule has 0 amide bonds. The van der Waals surface area contributed by atoms with Crippen molar-refractivity contribution >= 4 is 11.0 Å². The van der Waals surface area contributed by atoms with Crippen LogP contribution in [0, 0.1) is 5.82 Å². The van der Waals surface area contributed by atoms with Crippen LogP contribution in [0.25, 0.3) is 11.0 Å². The number of aromatic nitrogens is 1. The smallest absolute Gasteiger partial charge is 0.170 e. The summed E-state index contributed by atoms with van der Waals surface area (Å²) in [5.41, 5.74) is 1.30. The number of aryl methyl sites for hydroxylation is 1. The van der Waals surface area contributed by atoms with Gasteiger partial charge >= 0.3 is 0 Å². The Hall–Kier alpha value is -2.20. The maximum Gasteiger partial charge on any atom is 0.170 e. The zero-order chi connectivity index (χ0) is 13.9. The first-order valence-corrected chi connectivity index (χ1v) is 6.49. The average Bonchev–Trinajstić information content (AvgIpc) is 2.91. The molecule has 1 atom stereocenters. The number of aliphatic hydroxyl groups is 1. The van der Waals surface area contributed by atoms with E-state index < -0.39 is 11.9 Å². The van der Waals surface area contributed by atoms with Gasteiger partial charge in [0.15, 0.2) is 11.4 Å². The molecule has 0 aliphatic heterocycles.